The molecule has 1 unspecified atom stereocenters. The van der Waals surface area contributed by atoms with Crippen molar-refractivity contribution in [2.24, 2.45) is 0 Å². The molecule has 0 aromatic carbocycles. The monoisotopic (exact) mass is 165 g/mol. The van der Waals surface area contributed by atoms with E-state index in [4.69, 9.17) is 4.42 Å². The molecule has 1 atom stereocenters. The molecule has 11 heavy (non-hydrogen) atoms. The minimum absolute atomic E-state index is 0.730. The van der Waals surface area contributed by atoms with Crippen molar-refractivity contribution in [3.8, 4) is 0 Å². The van der Waals surface area contributed by atoms with E-state index in [-0.39, 0.29) is 0 Å². The van der Waals surface area contributed by atoms with E-state index in [1.165, 1.54) is 0 Å². The number of hydrogen-bond acceptors (Lipinski definition) is 2. The fourth-order valence-electron chi connectivity index (χ4n) is 1.09. The Labute approximate surface area is 66.4 Å². The molecule has 56 valence electrons. The molecule has 2 rings (SSSR count). The summed E-state index contributed by atoms with van der Waals surface area (Å²) in [4.78, 5) is 4.25. The summed E-state index contributed by atoms with van der Waals surface area (Å²) in [5, 5.41) is 1.15. The van der Waals surface area contributed by atoms with E-state index < -0.39 is 0 Å². The molecule has 0 bridgehead atoms. The minimum Gasteiger partial charge on any atom is -0.464 e. The van der Waals surface area contributed by atoms with Crippen LogP contribution in [0.5, 0.6) is 0 Å². The van der Waals surface area contributed by atoms with Gasteiger partial charge in [0, 0.05) is 11.6 Å². The van der Waals surface area contributed by atoms with Gasteiger partial charge in [0.05, 0.1) is 11.7 Å². The number of rotatable bonds is 1. The smallest absolute Gasteiger partial charge is 0.137 e. The maximum absolute atomic E-state index is 5.22. The third-order valence-corrected chi connectivity index (χ3v) is 2.49. The van der Waals surface area contributed by atoms with Crippen LogP contribution >= 0.6 is 8.58 Å². The molecule has 0 spiro atoms. The van der Waals surface area contributed by atoms with Gasteiger partial charge < -0.3 is 4.42 Å². The quantitative estimate of drug-likeness (QED) is 0.602. The first-order valence-electron chi connectivity index (χ1n) is 3.42. The topological polar surface area (TPSA) is 26.0 Å². The highest BCUT2D eigenvalue weighted by atomic mass is 31.1. The molecule has 3 heteroatoms. The second kappa shape index (κ2) is 2.63. The lowest BCUT2D eigenvalue weighted by Crippen LogP contribution is -1.98. The van der Waals surface area contributed by atoms with E-state index in [1.807, 2.05) is 12.1 Å². The number of fused-ring (bicyclic) bond motifs is 1. The second-order valence-electron chi connectivity index (χ2n) is 2.24. The van der Waals surface area contributed by atoms with Crippen LogP contribution in [0, 0.1) is 0 Å². The summed E-state index contributed by atoms with van der Waals surface area (Å²) in [5.74, 6) is 0. The molecule has 2 heterocycles. The Bertz CT molecular complexity index is 369. The van der Waals surface area contributed by atoms with Gasteiger partial charge in [-0.25, -0.2) is 0 Å². The van der Waals surface area contributed by atoms with E-state index in [9.17, 15) is 0 Å². The lowest BCUT2D eigenvalue weighted by Gasteiger charge is -1.94. The molecule has 2 nitrogen and oxygen atoms in total. The zero-order valence-corrected chi connectivity index (χ0v) is 7.16. The van der Waals surface area contributed by atoms with Crippen molar-refractivity contribution in [1.29, 1.82) is 0 Å². The van der Waals surface area contributed by atoms with Crippen molar-refractivity contribution in [3.63, 3.8) is 0 Å². The molecule has 0 aliphatic heterocycles. The third kappa shape index (κ3) is 1.04. The van der Waals surface area contributed by atoms with Crippen LogP contribution in [-0.2, 0) is 0 Å². The molecule has 0 fully saturated rings. The van der Waals surface area contributed by atoms with E-state index >= 15 is 0 Å². The van der Waals surface area contributed by atoms with E-state index in [0.29, 0.717) is 0 Å². The zero-order valence-electron chi connectivity index (χ0n) is 6.16. The summed E-state index contributed by atoms with van der Waals surface area (Å²) in [6.45, 7) is 2.12. The van der Waals surface area contributed by atoms with Crippen LogP contribution in [-0.4, -0.2) is 11.6 Å². The van der Waals surface area contributed by atoms with Crippen molar-refractivity contribution < 1.29 is 4.42 Å². The van der Waals surface area contributed by atoms with Crippen LogP contribution in [0.1, 0.15) is 0 Å². The predicted octanol–water partition coefficient (Wildman–Crippen LogP) is 1.76. The highest BCUT2D eigenvalue weighted by Gasteiger charge is 2.00. The van der Waals surface area contributed by atoms with E-state index in [0.717, 1.165) is 25.0 Å². The second-order valence-corrected chi connectivity index (χ2v) is 3.22. The summed E-state index contributed by atoms with van der Waals surface area (Å²) < 4.78 is 5.22. The van der Waals surface area contributed by atoms with Crippen molar-refractivity contribution in [3.05, 3.63) is 24.6 Å². The number of aromatic nitrogens is 1. The van der Waals surface area contributed by atoms with Gasteiger partial charge in [-0.1, -0.05) is 8.58 Å². The van der Waals surface area contributed by atoms with Gasteiger partial charge in [-0.05, 0) is 18.8 Å². The molecule has 0 N–H and O–H groups in total. The van der Waals surface area contributed by atoms with E-state index in [1.54, 1.807) is 12.5 Å². The van der Waals surface area contributed by atoms with Crippen LogP contribution in [0.15, 0.2) is 29.0 Å². The van der Waals surface area contributed by atoms with Gasteiger partial charge >= 0.3 is 0 Å². The average molecular weight is 165 g/mol. The predicted molar refractivity (Wildman–Crippen MR) is 47.9 cm³/mol. The fourth-order valence-corrected chi connectivity index (χ4v) is 1.77. The normalized spacial score (nSPS) is 11.7. The molecule has 0 amide bonds. The SMILES string of the molecule is CPc1nccc2occc12. The van der Waals surface area contributed by atoms with Gasteiger partial charge in [0.25, 0.3) is 0 Å². The van der Waals surface area contributed by atoms with Gasteiger partial charge in [0.2, 0.25) is 0 Å². The van der Waals surface area contributed by atoms with Crippen LogP contribution < -0.4 is 5.44 Å². The molecule has 0 aliphatic rings. The molecule has 0 aliphatic carbocycles. The molecule has 0 saturated heterocycles. The molecular formula is C8H8NOP. The van der Waals surface area contributed by atoms with Crippen LogP contribution in [0.2, 0.25) is 0 Å². The number of nitrogens with zero attached hydrogens (tertiary/aromatic N) is 1. The highest BCUT2D eigenvalue weighted by molar-refractivity contribution is 7.46. The maximum atomic E-state index is 5.22. The average Bonchev–Trinajstić information content (AvgIpc) is 2.50. The summed E-state index contributed by atoms with van der Waals surface area (Å²) >= 11 is 0. The van der Waals surface area contributed by atoms with Crippen LogP contribution in [0.25, 0.3) is 11.0 Å². The maximum Gasteiger partial charge on any atom is 0.137 e. The Morgan fingerprint density at radius 3 is 3.18 bits per heavy atom. The third-order valence-electron chi connectivity index (χ3n) is 1.62. The van der Waals surface area contributed by atoms with E-state index in [2.05, 4.69) is 11.6 Å². The van der Waals surface area contributed by atoms with Gasteiger partial charge in [-0.3, -0.25) is 4.98 Å². The molecule has 2 aromatic heterocycles. The Balaban J connectivity index is 2.79. The minimum atomic E-state index is 0.730. The molecule has 0 saturated carbocycles. The van der Waals surface area contributed by atoms with Gasteiger partial charge in [0.15, 0.2) is 0 Å². The fraction of sp³-hybridized carbons (Fsp3) is 0.125. The number of hydrogen-bond donors (Lipinski definition) is 0. The summed E-state index contributed by atoms with van der Waals surface area (Å²) in [7, 11) is 0.730. The molecular weight excluding hydrogens is 157 g/mol. The zero-order chi connectivity index (χ0) is 7.68. The standard InChI is InChI=1S/C8H8NOP/c1-11-8-6-3-5-10-7(6)2-4-9-8/h2-5,11H,1H3. The summed E-state index contributed by atoms with van der Waals surface area (Å²) in [5.41, 5.74) is 2.07. The van der Waals surface area contributed by atoms with Crippen LogP contribution in [0.3, 0.4) is 0 Å². The van der Waals surface area contributed by atoms with Crippen LogP contribution in [0.4, 0.5) is 0 Å². The Kier molecular flexibility index (Phi) is 1.63. The first-order valence-corrected chi connectivity index (χ1v) is 4.92. The lowest BCUT2D eigenvalue weighted by atomic mass is 10.3. The highest BCUT2D eigenvalue weighted by Crippen LogP contribution is 2.15. The van der Waals surface area contributed by atoms with Gasteiger partial charge in [0.1, 0.15) is 5.58 Å². The van der Waals surface area contributed by atoms with Crippen molar-refractivity contribution in [2.75, 3.05) is 6.66 Å². The van der Waals surface area contributed by atoms with Crippen molar-refractivity contribution in [1.82, 2.24) is 4.98 Å². The van der Waals surface area contributed by atoms with Gasteiger partial charge in [-0.15, -0.1) is 0 Å². The summed E-state index contributed by atoms with van der Waals surface area (Å²) in [6.07, 6.45) is 3.49. The van der Waals surface area contributed by atoms with Crippen molar-refractivity contribution >= 4 is 25.0 Å². The lowest BCUT2D eigenvalue weighted by molar-refractivity contribution is 0.615. The number of furan rings is 1. The van der Waals surface area contributed by atoms with Gasteiger partial charge in [-0.2, -0.15) is 0 Å². The molecule has 0 radical (unpaired) electrons. The Morgan fingerprint density at radius 2 is 2.36 bits per heavy atom. The Hall–Kier alpha value is -0.880. The first-order chi connectivity index (χ1) is 5.42. The largest absolute Gasteiger partial charge is 0.464 e. The molecule has 2 aromatic rings. The number of pyridine rings is 1. The first kappa shape index (κ1) is 6.81. The summed E-state index contributed by atoms with van der Waals surface area (Å²) in [6, 6.07) is 3.85. The van der Waals surface area contributed by atoms with Crippen molar-refractivity contribution in [2.45, 2.75) is 0 Å². The Morgan fingerprint density at radius 1 is 1.45 bits per heavy atom.